The number of rotatable bonds is 5. The summed E-state index contributed by atoms with van der Waals surface area (Å²) in [7, 11) is 0. The molecule has 0 atom stereocenters. The van der Waals surface area contributed by atoms with Gasteiger partial charge in [0.15, 0.2) is 5.78 Å². The average Bonchev–Trinajstić information content (AvgIpc) is 2.54. The largest absolute Gasteiger partial charge is 0.462 e. The molecule has 4 heteroatoms. The minimum Gasteiger partial charge on any atom is -0.462 e. The SMILES string of the molecule is CCOC(=O)/C(=C\c1ccc(F)cc1)C(=O)c1ccccc1. The summed E-state index contributed by atoms with van der Waals surface area (Å²) in [6, 6.07) is 14.0. The van der Waals surface area contributed by atoms with Gasteiger partial charge in [-0.15, -0.1) is 0 Å². The van der Waals surface area contributed by atoms with Crippen molar-refractivity contribution in [1.29, 1.82) is 0 Å². The van der Waals surface area contributed by atoms with E-state index in [1.165, 1.54) is 30.3 Å². The van der Waals surface area contributed by atoms with Crippen LogP contribution < -0.4 is 0 Å². The molecule has 3 nitrogen and oxygen atoms in total. The first-order valence-corrected chi connectivity index (χ1v) is 6.86. The summed E-state index contributed by atoms with van der Waals surface area (Å²) in [5, 5.41) is 0. The van der Waals surface area contributed by atoms with Gasteiger partial charge in [0.2, 0.25) is 0 Å². The lowest BCUT2D eigenvalue weighted by Gasteiger charge is -2.07. The Hall–Kier alpha value is -2.75. The van der Waals surface area contributed by atoms with E-state index < -0.39 is 11.8 Å². The zero-order valence-corrected chi connectivity index (χ0v) is 12.1. The molecule has 0 radical (unpaired) electrons. The van der Waals surface area contributed by atoms with E-state index in [0.717, 1.165) is 0 Å². The van der Waals surface area contributed by atoms with E-state index in [2.05, 4.69) is 0 Å². The second-order valence-electron chi connectivity index (χ2n) is 4.53. The summed E-state index contributed by atoms with van der Waals surface area (Å²) in [5.74, 6) is -1.51. The molecule has 0 fully saturated rings. The molecule has 0 saturated heterocycles. The number of benzene rings is 2. The van der Waals surface area contributed by atoms with Crippen molar-refractivity contribution in [3.05, 3.63) is 77.1 Å². The first-order valence-electron chi connectivity index (χ1n) is 6.86. The van der Waals surface area contributed by atoms with Gasteiger partial charge in [-0.25, -0.2) is 9.18 Å². The molecule has 2 aromatic rings. The van der Waals surface area contributed by atoms with Crippen LogP contribution in [0.4, 0.5) is 4.39 Å². The van der Waals surface area contributed by atoms with Gasteiger partial charge in [0.1, 0.15) is 11.4 Å². The Morgan fingerprint density at radius 1 is 1.05 bits per heavy atom. The van der Waals surface area contributed by atoms with Gasteiger partial charge in [0.05, 0.1) is 6.61 Å². The lowest BCUT2D eigenvalue weighted by Crippen LogP contribution is -2.16. The van der Waals surface area contributed by atoms with Gasteiger partial charge in [0, 0.05) is 5.56 Å². The highest BCUT2D eigenvalue weighted by Crippen LogP contribution is 2.15. The van der Waals surface area contributed by atoms with Crippen molar-refractivity contribution in [3.8, 4) is 0 Å². The molecule has 0 aliphatic heterocycles. The number of esters is 1. The second kappa shape index (κ2) is 7.31. The van der Waals surface area contributed by atoms with E-state index >= 15 is 0 Å². The molecule has 0 N–H and O–H groups in total. The van der Waals surface area contributed by atoms with E-state index in [1.54, 1.807) is 37.3 Å². The number of ether oxygens (including phenoxy) is 1. The highest BCUT2D eigenvalue weighted by Gasteiger charge is 2.20. The molecular formula is C18H15FO3. The standard InChI is InChI=1S/C18H15FO3/c1-2-22-18(21)16(12-13-8-10-15(19)11-9-13)17(20)14-6-4-3-5-7-14/h3-12H,2H2,1H3/b16-12-. The van der Waals surface area contributed by atoms with E-state index in [-0.39, 0.29) is 18.0 Å². The summed E-state index contributed by atoms with van der Waals surface area (Å²) in [5.41, 5.74) is 0.859. The molecule has 0 unspecified atom stereocenters. The number of halogens is 1. The number of ketones is 1. The zero-order chi connectivity index (χ0) is 15.9. The Morgan fingerprint density at radius 2 is 1.68 bits per heavy atom. The van der Waals surface area contributed by atoms with Crippen LogP contribution in [0.2, 0.25) is 0 Å². The average molecular weight is 298 g/mol. The van der Waals surface area contributed by atoms with Gasteiger partial charge in [-0.05, 0) is 30.7 Å². The van der Waals surface area contributed by atoms with Crippen LogP contribution in [0.3, 0.4) is 0 Å². The topological polar surface area (TPSA) is 43.4 Å². The molecule has 22 heavy (non-hydrogen) atoms. The van der Waals surface area contributed by atoms with Gasteiger partial charge in [-0.2, -0.15) is 0 Å². The first-order chi connectivity index (χ1) is 10.6. The molecule has 0 heterocycles. The van der Waals surface area contributed by atoms with Gasteiger partial charge in [-0.1, -0.05) is 42.5 Å². The summed E-state index contributed by atoms with van der Waals surface area (Å²) in [6.07, 6.45) is 1.41. The van der Waals surface area contributed by atoms with Crippen molar-refractivity contribution in [3.63, 3.8) is 0 Å². The van der Waals surface area contributed by atoms with Crippen molar-refractivity contribution in [2.75, 3.05) is 6.61 Å². The van der Waals surface area contributed by atoms with Crippen LogP contribution in [-0.2, 0) is 9.53 Å². The number of Topliss-reactive ketones (excluding diaryl/α,β-unsaturated/α-hetero) is 1. The molecule has 2 aromatic carbocycles. The molecule has 0 amide bonds. The van der Waals surface area contributed by atoms with Crippen molar-refractivity contribution in [2.45, 2.75) is 6.92 Å². The van der Waals surface area contributed by atoms with Crippen LogP contribution in [0.25, 0.3) is 6.08 Å². The third-order valence-corrected chi connectivity index (χ3v) is 2.96. The van der Waals surface area contributed by atoms with Crippen LogP contribution in [0.1, 0.15) is 22.8 Å². The Labute approximate surface area is 128 Å². The van der Waals surface area contributed by atoms with Gasteiger partial charge in [0.25, 0.3) is 0 Å². The number of carbonyl (C=O) groups excluding carboxylic acids is 2. The zero-order valence-electron chi connectivity index (χ0n) is 12.1. The van der Waals surface area contributed by atoms with Crippen LogP contribution in [-0.4, -0.2) is 18.4 Å². The lowest BCUT2D eigenvalue weighted by molar-refractivity contribution is -0.137. The van der Waals surface area contributed by atoms with Crippen LogP contribution >= 0.6 is 0 Å². The molecule has 0 aromatic heterocycles. The van der Waals surface area contributed by atoms with Crippen molar-refractivity contribution >= 4 is 17.8 Å². The minimum absolute atomic E-state index is 0.0836. The Bertz CT molecular complexity index is 688. The lowest BCUT2D eigenvalue weighted by atomic mass is 10.0. The fourth-order valence-corrected chi connectivity index (χ4v) is 1.90. The quantitative estimate of drug-likeness (QED) is 0.278. The maximum Gasteiger partial charge on any atom is 0.342 e. The molecular weight excluding hydrogens is 283 g/mol. The number of hydrogen-bond acceptors (Lipinski definition) is 3. The second-order valence-corrected chi connectivity index (χ2v) is 4.53. The third kappa shape index (κ3) is 3.88. The summed E-state index contributed by atoms with van der Waals surface area (Å²) in [4.78, 5) is 24.5. The Balaban J connectivity index is 2.40. The van der Waals surface area contributed by atoms with Crippen molar-refractivity contribution < 1.29 is 18.7 Å². The van der Waals surface area contributed by atoms with Crippen molar-refractivity contribution in [1.82, 2.24) is 0 Å². The van der Waals surface area contributed by atoms with E-state index in [0.29, 0.717) is 11.1 Å². The molecule has 112 valence electrons. The number of carbonyl (C=O) groups is 2. The van der Waals surface area contributed by atoms with Crippen LogP contribution in [0.15, 0.2) is 60.2 Å². The molecule has 0 bridgehead atoms. The monoisotopic (exact) mass is 298 g/mol. The highest BCUT2D eigenvalue weighted by atomic mass is 19.1. The fourth-order valence-electron chi connectivity index (χ4n) is 1.90. The van der Waals surface area contributed by atoms with Crippen LogP contribution in [0.5, 0.6) is 0 Å². The normalized spacial score (nSPS) is 11.1. The minimum atomic E-state index is -0.694. The predicted octanol–water partition coefficient (Wildman–Crippen LogP) is 3.66. The fraction of sp³-hybridized carbons (Fsp3) is 0.111. The summed E-state index contributed by atoms with van der Waals surface area (Å²) >= 11 is 0. The van der Waals surface area contributed by atoms with Crippen molar-refractivity contribution in [2.24, 2.45) is 0 Å². The van der Waals surface area contributed by atoms with Crippen LogP contribution in [0, 0.1) is 5.82 Å². The summed E-state index contributed by atoms with van der Waals surface area (Å²) < 4.78 is 17.9. The Kier molecular flexibility index (Phi) is 5.20. The molecule has 2 rings (SSSR count). The maximum atomic E-state index is 12.9. The molecule has 0 saturated carbocycles. The smallest absolute Gasteiger partial charge is 0.342 e. The molecule has 0 aliphatic carbocycles. The Morgan fingerprint density at radius 3 is 2.27 bits per heavy atom. The van der Waals surface area contributed by atoms with E-state index in [1.807, 2.05) is 0 Å². The first kappa shape index (κ1) is 15.6. The third-order valence-electron chi connectivity index (χ3n) is 2.96. The van der Waals surface area contributed by atoms with E-state index in [9.17, 15) is 14.0 Å². The number of hydrogen-bond donors (Lipinski definition) is 0. The maximum absolute atomic E-state index is 12.9. The van der Waals surface area contributed by atoms with Gasteiger partial charge >= 0.3 is 5.97 Å². The molecule has 0 aliphatic rings. The van der Waals surface area contributed by atoms with Gasteiger partial charge in [-0.3, -0.25) is 4.79 Å². The van der Waals surface area contributed by atoms with Gasteiger partial charge < -0.3 is 4.74 Å². The van der Waals surface area contributed by atoms with E-state index in [4.69, 9.17) is 4.74 Å². The molecule has 0 spiro atoms. The highest BCUT2D eigenvalue weighted by molar-refractivity contribution is 6.26. The summed E-state index contributed by atoms with van der Waals surface area (Å²) in [6.45, 7) is 1.84. The predicted molar refractivity (Wildman–Crippen MR) is 81.8 cm³/mol.